The Bertz CT molecular complexity index is 1230. The van der Waals surface area contributed by atoms with Crippen molar-refractivity contribution < 1.29 is 14.3 Å². The summed E-state index contributed by atoms with van der Waals surface area (Å²) in [6.45, 7) is 4.39. The summed E-state index contributed by atoms with van der Waals surface area (Å²) < 4.78 is 12.2. The fraction of sp³-hybridized carbons (Fsp3) is 0.217. The Morgan fingerprint density at radius 3 is 2.68 bits per heavy atom. The van der Waals surface area contributed by atoms with E-state index in [1.807, 2.05) is 38.1 Å². The molecule has 8 nitrogen and oxygen atoms in total. The molecule has 0 aliphatic carbocycles. The topological polar surface area (TPSA) is 106 Å². The number of carbonyl (C=O) groups is 1. The third-order valence-electron chi connectivity index (χ3n) is 4.39. The van der Waals surface area contributed by atoms with Crippen LogP contribution < -0.4 is 15.6 Å². The van der Waals surface area contributed by atoms with Gasteiger partial charge in [-0.15, -0.1) is 0 Å². The lowest BCUT2D eigenvalue weighted by atomic mass is 10.1. The van der Waals surface area contributed by atoms with E-state index in [1.54, 1.807) is 24.4 Å². The first kappa shape index (κ1) is 21.7. The van der Waals surface area contributed by atoms with E-state index >= 15 is 0 Å². The summed E-state index contributed by atoms with van der Waals surface area (Å²) in [5.41, 5.74) is 1.66. The lowest BCUT2D eigenvalue weighted by Crippen LogP contribution is -2.28. The number of fused-ring (bicyclic) bond motifs is 1. The molecule has 3 rings (SSSR count). The van der Waals surface area contributed by atoms with E-state index in [9.17, 15) is 14.9 Å². The molecule has 0 fully saturated rings. The van der Waals surface area contributed by atoms with E-state index in [-0.39, 0.29) is 23.6 Å². The minimum atomic E-state index is -0.616. The molecule has 2 heterocycles. The van der Waals surface area contributed by atoms with Crippen molar-refractivity contribution in [2.24, 2.45) is 0 Å². The Hall–Kier alpha value is -3.96. The van der Waals surface area contributed by atoms with Crippen molar-refractivity contribution in [3.8, 4) is 17.7 Å². The first-order chi connectivity index (χ1) is 14.9. The second-order valence-electron chi connectivity index (χ2n) is 6.91. The van der Waals surface area contributed by atoms with Gasteiger partial charge >= 0.3 is 0 Å². The quantitative estimate of drug-likeness (QED) is 0.359. The number of nitrogens with one attached hydrogen (secondary N) is 1. The first-order valence-electron chi connectivity index (χ1n) is 9.59. The maximum atomic E-state index is 13.1. The standard InChI is InChI=1S/C23H22N4O4/c1-15-10-16(2)12-18(11-15)31-22-19(13-17(14-24)21(28)25-7-9-30-3)23(29)27-8-5-4-6-20(27)26-22/h4-6,8,10-13H,7,9H2,1-3H3,(H,25,28)/b17-13+. The molecule has 0 unspecified atom stereocenters. The average molecular weight is 418 g/mol. The van der Waals surface area contributed by atoms with Crippen molar-refractivity contribution in [3.05, 3.63) is 75.2 Å². The number of methoxy groups -OCH3 is 1. The van der Waals surface area contributed by atoms with Gasteiger partial charge in [0.05, 0.1) is 6.61 Å². The Balaban J connectivity index is 2.13. The number of aromatic nitrogens is 2. The van der Waals surface area contributed by atoms with E-state index in [2.05, 4.69) is 10.3 Å². The maximum absolute atomic E-state index is 13.1. The third-order valence-corrected chi connectivity index (χ3v) is 4.39. The molecule has 31 heavy (non-hydrogen) atoms. The van der Waals surface area contributed by atoms with Crippen LogP contribution in [0.25, 0.3) is 11.7 Å². The van der Waals surface area contributed by atoms with Crippen molar-refractivity contribution in [2.75, 3.05) is 20.3 Å². The molecular formula is C23H22N4O4. The zero-order valence-electron chi connectivity index (χ0n) is 17.5. The summed E-state index contributed by atoms with van der Waals surface area (Å²) >= 11 is 0. The molecule has 158 valence electrons. The average Bonchev–Trinajstić information content (AvgIpc) is 2.73. The van der Waals surface area contributed by atoms with Gasteiger partial charge in [0.25, 0.3) is 11.5 Å². The van der Waals surface area contributed by atoms with Gasteiger partial charge in [-0.1, -0.05) is 12.1 Å². The lowest BCUT2D eigenvalue weighted by Gasteiger charge is -2.11. The monoisotopic (exact) mass is 418 g/mol. The van der Waals surface area contributed by atoms with Crippen LogP contribution in [0.1, 0.15) is 16.7 Å². The number of nitrogens with zero attached hydrogens (tertiary/aromatic N) is 3. The SMILES string of the molecule is COCCNC(=O)/C(C#N)=C/c1c(Oc2cc(C)cc(C)c2)nc2ccccn2c1=O. The Kier molecular flexibility index (Phi) is 6.80. The number of aryl methyl sites for hydroxylation is 2. The number of benzene rings is 1. The Morgan fingerprint density at radius 1 is 1.26 bits per heavy atom. The molecule has 2 aromatic heterocycles. The molecule has 1 aromatic carbocycles. The van der Waals surface area contributed by atoms with Gasteiger partial charge in [0, 0.05) is 19.9 Å². The van der Waals surface area contributed by atoms with Crippen LogP contribution in [0.3, 0.4) is 0 Å². The van der Waals surface area contributed by atoms with Gasteiger partial charge in [0.15, 0.2) is 0 Å². The smallest absolute Gasteiger partial charge is 0.269 e. The summed E-state index contributed by atoms with van der Waals surface area (Å²) in [5.74, 6) is -0.101. The molecule has 8 heteroatoms. The van der Waals surface area contributed by atoms with Gasteiger partial charge < -0.3 is 14.8 Å². The molecule has 0 atom stereocenters. The molecule has 1 N–H and O–H groups in total. The van der Waals surface area contributed by atoms with Crippen LogP contribution in [-0.4, -0.2) is 35.6 Å². The van der Waals surface area contributed by atoms with Crippen LogP contribution in [0, 0.1) is 25.2 Å². The minimum absolute atomic E-state index is 0.00120. The summed E-state index contributed by atoms with van der Waals surface area (Å²) in [6.07, 6.45) is 2.77. The van der Waals surface area contributed by atoms with E-state index in [1.165, 1.54) is 17.6 Å². The zero-order valence-corrected chi connectivity index (χ0v) is 17.5. The van der Waals surface area contributed by atoms with Crippen LogP contribution in [0.15, 0.2) is 53.0 Å². The molecule has 0 aliphatic rings. The molecule has 0 saturated heterocycles. The predicted octanol–water partition coefficient (Wildman–Crippen LogP) is 2.77. The van der Waals surface area contributed by atoms with E-state index in [0.29, 0.717) is 18.0 Å². The second-order valence-corrected chi connectivity index (χ2v) is 6.91. The normalized spacial score (nSPS) is 11.2. The molecule has 3 aromatic rings. The minimum Gasteiger partial charge on any atom is -0.438 e. The molecule has 0 spiro atoms. The largest absolute Gasteiger partial charge is 0.438 e. The van der Waals surface area contributed by atoms with Gasteiger partial charge in [-0.3, -0.25) is 14.0 Å². The van der Waals surface area contributed by atoms with Crippen LogP contribution in [0.5, 0.6) is 11.6 Å². The van der Waals surface area contributed by atoms with Crippen molar-refractivity contribution in [2.45, 2.75) is 13.8 Å². The number of nitriles is 1. The Morgan fingerprint density at radius 2 is 2.00 bits per heavy atom. The molecule has 0 bridgehead atoms. The highest BCUT2D eigenvalue weighted by molar-refractivity contribution is 6.01. The Labute approximate surface area is 179 Å². The summed E-state index contributed by atoms with van der Waals surface area (Å²) in [5, 5.41) is 12.1. The van der Waals surface area contributed by atoms with E-state index < -0.39 is 11.5 Å². The van der Waals surface area contributed by atoms with E-state index in [0.717, 1.165) is 11.1 Å². The number of amides is 1. The van der Waals surface area contributed by atoms with Gasteiger partial charge in [-0.2, -0.15) is 10.2 Å². The van der Waals surface area contributed by atoms with Crippen LogP contribution in [0.2, 0.25) is 0 Å². The van der Waals surface area contributed by atoms with Crippen LogP contribution in [-0.2, 0) is 9.53 Å². The van der Waals surface area contributed by atoms with Crippen molar-refractivity contribution in [1.29, 1.82) is 5.26 Å². The zero-order chi connectivity index (χ0) is 22.4. The number of carbonyl (C=O) groups excluding carboxylic acids is 1. The van der Waals surface area contributed by atoms with E-state index in [4.69, 9.17) is 9.47 Å². The highest BCUT2D eigenvalue weighted by Crippen LogP contribution is 2.25. The van der Waals surface area contributed by atoms with Crippen molar-refractivity contribution in [3.63, 3.8) is 0 Å². The van der Waals surface area contributed by atoms with Gasteiger partial charge in [0.1, 0.15) is 28.6 Å². The van der Waals surface area contributed by atoms with Crippen molar-refractivity contribution in [1.82, 2.24) is 14.7 Å². The fourth-order valence-corrected chi connectivity index (χ4v) is 3.04. The molecule has 0 aliphatic heterocycles. The van der Waals surface area contributed by atoms with Gasteiger partial charge in [0.2, 0.25) is 5.88 Å². The number of hydrogen-bond donors (Lipinski definition) is 1. The van der Waals surface area contributed by atoms with Crippen molar-refractivity contribution >= 4 is 17.6 Å². The van der Waals surface area contributed by atoms with Crippen LogP contribution >= 0.6 is 0 Å². The van der Waals surface area contributed by atoms with Gasteiger partial charge in [-0.05, 0) is 55.3 Å². The number of pyridine rings is 1. The lowest BCUT2D eigenvalue weighted by molar-refractivity contribution is -0.117. The molecule has 1 amide bonds. The summed E-state index contributed by atoms with van der Waals surface area (Å²) in [7, 11) is 1.51. The number of rotatable bonds is 7. The summed E-state index contributed by atoms with van der Waals surface area (Å²) in [4.78, 5) is 30.0. The predicted molar refractivity (Wildman–Crippen MR) is 116 cm³/mol. The second kappa shape index (κ2) is 9.69. The molecular weight excluding hydrogens is 396 g/mol. The molecule has 0 saturated carbocycles. The summed E-state index contributed by atoms with van der Waals surface area (Å²) in [6, 6.07) is 12.6. The maximum Gasteiger partial charge on any atom is 0.269 e. The highest BCUT2D eigenvalue weighted by atomic mass is 16.5. The number of hydrogen-bond acceptors (Lipinski definition) is 6. The van der Waals surface area contributed by atoms with Crippen LogP contribution in [0.4, 0.5) is 0 Å². The highest BCUT2D eigenvalue weighted by Gasteiger charge is 2.17. The van der Waals surface area contributed by atoms with Gasteiger partial charge in [-0.25, -0.2) is 0 Å². The third kappa shape index (κ3) is 5.15. The molecule has 0 radical (unpaired) electrons. The first-order valence-corrected chi connectivity index (χ1v) is 9.59. The fourth-order valence-electron chi connectivity index (χ4n) is 3.04. The number of ether oxygens (including phenoxy) is 2.